The van der Waals surface area contributed by atoms with E-state index in [0.29, 0.717) is 11.1 Å². The van der Waals surface area contributed by atoms with Crippen LogP contribution < -0.4 is 9.80 Å². The van der Waals surface area contributed by atoms with E-state index in [-0.39, 0.29) is 11.6 Å². The Morgan fingerprint density at radius 2 is 0.844 bits per heavy atom. The molecule has 0 spiro atoms. The molecule has 0 heterocycles. The topological polar surface area (TPSA) is 40.6 Å². The van der Waals surface area contributed by atoms with Gasteiger partial charge in [-0.3, -0.25) is 9.59 Å². The number of rotatable bonds is 8. The standard InChI is InChI=1S/C28H28N2O2/c1-29(2)25-15-11-23(12-16-25)27(31)19-9-21-5-7-22(8-6-21)10-20-28(32)24-13-17-26(18-14-24)30(3)4/h5-20H,1-4H3. The zero-order valence-electron chi connectivity index (χ0n) is 18.9. The van der Waals surface area contributed by atoms with Crippen LogP contribution in [0.3, 0.4) is 0 Å². The van der Waals surface area contributed by atoms with Crippen LogP contribution in [0, 0.1) is 0 Å². The number of anilines is 2. The van der Waals surface area contributed by atoms with Crippen LogP contribution in [0.1, 0.15) is 31.8 Å². The highest BCUT2D eigenvalue weighted by atomic mass is 16.1. The van der Waals surface area contributed by atoms with E-state index in [4.69, 9.17) is 0 Å². The molecule has 0 bridgehead atoms. The lowest BCUT2D eigenvalue weighted by Crippen LogP contribution is -2.08. The summed E-state index contributed by atoms with van der Waals surface area (Å²) < 4.78 is 0. The summed E-state index contributed by atoms with van der Waals surface area (Å²) >= 11 is 0. The number of carbonyl (C=O) groups excluding carboxylic acids is 2. The fourth-order valence-electron chi connectivity index (χ4n) is 3.10. The van der Waals surface area contributed by atoms with Crippen LogP contribution >= 0.6 is 0 Å². The van der Waals surface area contributed by atoms with Crippen molar-refractivity contribution >= 4 is 35.1 Å². The summed E-state index contributed by atoms with van der Waals surface area (Å²) in [7, 11) is 7.87. The van der Waals surface area contributed by atoms with Gasteiger partial charge in [-0.15, -0.1) is 0 Å². The molecule has 32 heavy (non-hydrogen) atoms. The molecule has 0 amide bonds. The van der Waals surface area contributed by atoms with Crippen molar-refractivity contribution in [3.05, 3.63) is 107 Å². The number of allylic oxidation sites excluding steroid dienone is 2. The lowest BCUT2D eigenvalue weighted by molar-refractivity contribution is 0.103. The lowest BCUT2D eigenvalue weighted by atomic mass is 10.1. The Morgan fingerprint density at radius 3 is 1.12 bits per heavy atom. The van der Waals surface area contributed by atoms with Gasteiger partial charge >= 0.3 is 0 Å². The highest BCUT2D eigenvalue weighted by Crippen LogP contribution is 2.15. The van der Waals surface area contributed by atoms with Crippen molar-refractivity contribution in [2.24, 2.45) is 0 Å². The third-order valence-corrected chi connectivity index (χ3v) is 5.13. The third kappa shape index (κ3) is 6.05. The zero-order valence-corrected chi connectivity index (χ0v) is 18.9. The molecule has 4 nitrogen and oxygen atoms in total. The van der Waals surface area contributed by atoms with E-state index in [1.165, 1.54) is 0 Å². The largest absolute Gasteiger partial charge is 0.378 e. The Kier molecular flexibility index (Phi) is 7.40. The lowest BCUT2D eigenvalue weighted by Gasteiger charge is -2.11. The Hall–Kier alpha value is -3.92. The average Bonchev–Trinajstić information content (AvgIpc) is 2.81. The van der Waals surface area contributed by atoms with Gasteiger partial charge in [-0.25, -0.2) is 0 Å². The summed E-state index contributed by atoms with van der Waals surface area (Å²) in [6.45, 7) is 0. The predicted molar refractivity (Wildman–Crippen MR) is 135 cm³/mol. The molecule has 3 aromatic rings. The van der Waals surface area contributed by atoms with Gasteiger partial charge in [0, 0.05) is 50.7 Å². The maximum Gasteiger partial charge on any atom is 0.185 e. The molecule has 0 atom stereocenters. The first-order valence-electron chi connectivity index (χ1n) is 10.4. The maximum absolute atomic E-state index is 12.4. The van der Waals surface area contributed by atoms with E-state index in [9.17, 15) is 9.59 Å². The van der Waals surface area contributed by atoms with E-state index >= 15 is 0 Å². The van der Waals surface area contributed by atoms with Gasteiger partial charge in [-0.2, -0.15) is 0 Å². The Balaban J connectivity index is 1.60. The highest BCUT2D eigenvalue weighted by molar-refractivity contribution is 6.07. The van der Waals surface area contributed by atoms with Crippen LogP contribution in [-0.2, 0) is 0 Å². The third-order valence-electron chi connectivity index (χ3n) is 5.13. The Labute approximate surface area is 190 Å². The number of hydrogen-bond acceptors (Lipinski definition) is 4. The molecule has 3 rings (SSSR count). The van der Waals surface area contributed by atoms with E-state index < -0.39 is 0 Å². The fraction of sp³-hybridized carbons (Fsp3) is 0.143. The van der Waals surface area contributed by atoms with Gasteiger partial charge in [-0.1, -0.05) is 36.4 Å². The minimum Gasteiger partial charge on any atom is -0.378 e. The van der Waals surface area contributed by atoms with Gasteiger partial charge in [0.15, 0.2) is 11.6 Å². The number of nitrogens with zero attached hydrogens (tertiary/aromatic N) is 2. The zero-order chi connectivity index (χ0) is 23.1. The maximum atomic E-state index is 12.4. The molecule has 0 saturated heterocycles. The van der Waals surface area contributed by atoms with Crippen molar-refractivity contribution in [3.63, 3.8) is 0 Å². The SMILES string of the molecule is CN(C)c1ccc(C(=O)C=Cc2ccc(C=CC(=O)c3ccc(N(C)C)cc3)cc2)cc1. The molecule has 0 radical (unpaired) electrons. The molecule has 0 fully saturated rings. The van der Waals surface area contributed by atoms with Crippen LogP contribution in [0.5, 0.6) is 0 Å². The Morgan fingerprint density at radius 1 is 0.531 bits per heavy atom. The van der Waals surface area contributed by atoms with Gasteiger partial charge in [0.2, 0.25) is 0 Å². The van der Waals surface area contributed by atoms with Crippen LogP contribution in [0.4, 0.5) is 11.4 Å². The first kappa shape index (κ1) is 22.8. The molecule has 4 heteroatoms. The molecule has 162 valence electrons. The number of carbonyl (C=O) groups is 2. The van der Waals surface area contributed by atoms with E-state index in [0.717, 1.165) is 22.5 Å². The highest BCUT2D eigenvalue weighted by Gasteiger charge is 2.04. The van der Waals surface area contributed by atoms with Crippen LogP contribution in [0.15, 0.2) is 84.9 Å². The average molecular weight is 425 g/mol. The normalized spacial score (nSPS) is 11.1. The van der Waals surface area contributed by atoms with Gasteiger partial charge in [0.1, 0.15) is 0 Å². The summed E-state index contributed by atoms with van der Waals surface area (Å²) in [6, 6.07) is 22.8. The molecule has 0 aliphatic rings. The minimum atomic E-state index is -0.0369. The van der Waals surface area contributed by atoms with E-state index in [2.05, 4.69) is 0 Å². The summed E-state index contributed by atoms with van der Waals surface area (Å²) in [5, 5.41) is 0. The molecule has 0 aromatic heterocycles. The Bertz CT molecular complexity index is 1030. The van der Waals surface area contributed by atoms with Crippen molar-refractivity contribution in [2.45, 2.75) is 0 Å². The van der Waals surface area contributed by atoms with Crippen molar-refractivity contribution < 1.29 is 9.59 Å². The second kappa shape index (κ2) is 10.4. The summed E-state index contributed by atoms with van der Waals surface area (Å²) in [5.74, 6) is -0.0738. The smallest absolute Gasteiger partial charge is 0.185 e. The first-order chi connectivity index (χ1) is 15.3. The minimum absolute atomic E-state index is 0.0369. The van der Waals surface area contributed by atoms with Gasteiger partial charge < -0.3 is 9.80 Å². The quantitative estimate of drug-likeness (QED) is 0.348. The fourth-order valence-corrected chi connectivity index (χ4v) is 3.10. The molecule has 0 aliphatic heterocycles. The van der Waals surface area contributed by atoms with Crippen LogP contribution in [-0.4, -0.2) is 39.8 Å². The second-order valence-corrected chi connectivity index (χ2v) is 7.94. The molecule has 3 aromatic carbocycles. The van der Waals surface area contributed by atoms with Gasteiger partial charge in [0.05, 0.1) is 0 Å². The summed E-state index contributed by atoms with van der Waals surface area (Å²) in [4.78, 5) is 28.8. The number of hydrogen-bond donors (Lipinski definition) is 0. The molecular formula is C28H28N2O2. The number of benzene rings is 3. The first-order valence-corrected chi connectivity index (χ1v) is 10.4. The van der Waals surface area contributed by atoms with Crippen molar-refractivity contribution in [2.75, 3.05) is 38.0 Å². The van der Waals surface area contributed by atoms with Crippen molar-refractivity contribution in [1.29, 1.82) is 0 Å². The van der Waals surface area contributed by atoms with Crippen LogP contribution in [0.25, 0.3) is 12.2 Å². The molecule has 0 unspecified atom stereocenters. The van der Waals surface area contributed by atoms with Crippen molar-refractivity contribution in [3.8, 4) is 0 Å². The van der Waals surface area contributed by atoms with Crippen LogP contribution in [0.2, 0.25) is 0 Å². The molecule has 0 N–H and O–H groups in total. The van der Waals surface area contributed by atoms with Gasteiger partial charge in [-0.05, 0) is 71.8 Å². The molecule has 0 saturated carbocycles. The van der Waals surface area contributed by atoms with Gasteiger partial charge in [0.25, 0.3) is 0 Å². The summed E-state index contributed by atoms with van der Waals surface area (Å²) in [5.41, 5.74) is 5.26. The summed E-state index contributed by atoms with van der Waals surface area (Å²) in [6.07, 6.45) is 6.76. The number of ketones is 2. The monoisotopic (exact) mass is 424 g/mol. The molecular weight excluding hydrogens is 396 g/mol. The van der Waals surface area contributed by atoms with Crippen molar-refractivity contribution in [1.82, 2.24) is 0 Å². The molecule has 0 aliphatic carbocycles. The van der Waals surface area contributed by atoms with E-state index in [1.54, 1.807) is 24.3 Å². The predicted octanol–water partition coefficient (Wildman–Crippen LogP) is 5.61. The second-order valence-electron chi connectivity index (χ2n) is 7.94. The van der Waals surface area contributed by atoms with E-state index in [1.807, 2.05) is 111 Å².